The van der Waals surface area contributed by atoms with Crippen molar-refractivity contribution in [2.75, 3.05) is 0 Å². The molecule has 0 atom stereocenters. The summed E-state index contributed by atoms with van der Waals surface area (Å²) in [5, 5.41) is 20.9. The summed E-state index contributed by atoms with van der Waals surface area (Å²) in [4.78, 5) is 0.863. The molecule has 6 nitrogen and oxygen atoms in total. The minimum atomic E-state index is 0.561. The molecule has 0 unspecified atom stereocenters. The highest BCUT2D eigenvalue weighted by Crippen LogP contribution is 2.39. The lowest BCUT2D eigenvalue weighted by molar-refractivity contribution is 0.828. The third kappa shape index (κ3) is 1.32. The zero-order chi connectivity index (χ0) is 11.4. The van der Waals surface area contributed by atoms with Crippen molar-refractivity contribution in [3.05, 3.63) is 17.7 Å². The van der Waals surface area contributed by atoms with Crippen LogP contribution in [-0.4, -0.2) is 30.0 Å². The standard InChI is InChI=1S/C10H10N6S/c1-5-7(4-11-12-5)9-15-16-8(6-2-3-6)13-14-10(16)17-9/h4,6H,2-3H2,1H3,(H,11,12). The Hall–Kier alpha value is -1.76. The first-order chi connectivity index (χ1) is 8.33. The maximum Gasteiger partial charge on any atom is 0.234 e. The quantitative estimate of drug-likeness (QED) is 0.748. The highest BCUT2D eigenvalue weighted by atomic mass is 32.1. The second-order valence-corrected chi connectivity index (χ2v) is 5.30. The van der Waals surface area contributed by atoms with E-state index in [0.717, 1.165) is 27.1 Å². The van der Waals surface area contributed by atoms with Crippen LogP contribution >= 0.6 is 11.3 Å². The van der Waals surface area contributed by atoms with Crippen LogP contribution in [0, 0.1) is 6.92 Å². The molecule has 1 fully saturated rings. The monoisotopic (exact) mass is 246 g/mol. The van der Waals surface area contributed by atoms with E-state index in [1.54, 1.807) is 17.5 Å². The van der Waals surface area contributed by atoms with Gasteiger partial charge in [0.25, 0.3) is 0 Å². The summed E-state index contributed by atoms with van der Waals surface area (Å²) in [6.07, 6.45) is 4.22. The average Bonchev–Trinajstić information content (AvgIpc) is 2.75. The second kappa shape index (κ2) is 3.13. The number of aryl methyl sites for hydroxylation is 1. The number of aromatic amines is 1. The van der Waals surface area contributed by atoms with Crippen LogP contribution in [0.5, 0.6) is 0 Å². The van der Waals surface area contributed by atoms with Gasteiger partial charge in [-0.15, -0.1) is 10.2 Å². The first-order valence-electron chi connectivity index (χ1n) is 5.55. The number of hydrogen-bond acceptors (Lipinski definition) is 5. The zero-order valence-electron chi connectivity index (χ0n) is 9.21. The van der Waals surface area contributed by atoms with Crippen LogP contribution in [0.4, 0.5) is 0 Å². The van der Waals surface area contributed by atoms with Gasteiger partial charge in [0, 0.05) is 11.6 Å². The summed E-state index contributed by atoms with van der Waals surface area (Å²) in [7, 11) is 0. The summed E-state index contributed by atoms with van der Waals surface area (Å²) in [6.45, 7) is 1.99. The number of aromatic nitrogens is 6. The molecule has 1 N–H and O–H groups in total. The smallest absolute Gasteiger partial charge is 0.234 e. The van der Waals surface area contributed by atoms with E-state index in [1.807, 2.05) is 11.4 Å². The van der Waals surface area contributed by atoms with Crippen LogP contribution in [-0.2, 0) is 0 Å². The molecule has 17 heavy (non-hydrogen) atoms. The lowest BCUT2D eigenvalue weighted by Gasteiger charge is -1.91. The van der Waals surface area contributed by atoms with Crippen molar-refractivity contribution < 1.29 is 0 Å². The van der Waals surface area contributed by atoms with Gasteiger partial charge in [-0.2, -0.15) is 14.7 Å². The maximum absolute atomic E-state index is 4.59. The van der Waals surface area contributed by atoms with Crippen LogP contribution in [0.2, 0.25) is 0 Å². The van der Waals surface area contributed by atoms with Gasteiger partial charge in [-0.05, 0) is 19.8 Å². The predicted octanol–water partition coefficient (Wildman–Crippen LogP) is 1.76. The second-order valence-electron chi connectivity index (χ2n) is 4.34. The fourth-order valence-electron chi connectivity index (χ4n) is 1.90. The van der Waals surface area contributed by atoms with E-state index in [1.165, 1.54) is 12.8 Å². The summed E-state index contributed by atoms with van der Waals surface area (Å²) in [5.74, 6) is 1.56. The Morgan fingerprint density at radius 3 is 3.00 bits per heavy atom. The van der Waals surface area contributed by atoms with Gasteiger partial charge in [0.1, 0.15) is 0 Å². The van der Waals surface area contributed by atoms with Crippen LogP contribution < -0.4 is 0 Å². The van der Waals surface area contributed by atoms with E-state index >= 15 is 0 Å². The lowest BCUT2D eigenvalue weighted by Crippen LogP contribution is -1.93. The van der Waals surface area contributed by atoms with Crippen LogP contribution in [0.3, 0.4) is 0 Å². The van der Waals surface area contributed by atoms with Crippen LogP contribution in [0.25, 0.3) is 15.5 Å². The molecule has 1 aliphatic rings. The third-order valence-electron chi connectivity index (χ3n) is 3.02. The zero-order valence-corrected chi connectivity index (χ0v) is 10.0. The molecule has 4 rings (SSSR count). The molecule has 0 spiro atoms. The van der Waals surface area contributed by atoms with E-state index in [0.29, 0.717) is 5.92 Å². The van der Waals surface area contributed by atoms with Gasteiger partial charge in [-0.1, -0.05) is 11.3 Å². The van der Waals surface area contributed by atoms with E-state index in [2.05, 4.69) is 25.5 Å². The number of nitrogens with one attached hydrogen (secondary N) is 1. The Bertz CT molecular complexity index is 689. The largest absolute Gasteiger partial charge is 0.282 e. The van der Waals surface area contributed by atoms with Crippen molar-refractivity contribution in [1.29, 1.82) is 0 Å². The van der Waals surface area contributed by atoms with Gasteiger partial charge < -0.3 is 0 Å². The fraction of sp³-hybridized carbons (Fsp3) is 0.400. The number of H-pyrrole nitrogens is 1. The van der Waals surface area contributed by atoms with Gasteiger partial charge in [-0.25, -0.2) is 0 Å². The molecular formula is C10H10N6S. The van der Waals surface area contributed by atoms with Gasteiger partial charge in [0.05, 0.1) is 11.8 Å². The molecule has 7 heteroatoms. The Kier molecular flexibility index (Phi) is 1.71. The summed E-state index contributed by atoms with van der Waals surface area (Å²) in [6, 6.07) is 0. The van der Waals surface area contributed by atoms with Crippen LogP contribution in [0.1, 0.15) is 30.3 Å². The van der Waals surface area contributed by atoms with Crippen molar-refractivity contribution >= 4 is 16.3 Å². The van der Waals surface area contributed by atoms with E-state index in [9.17, 15) is 0 Å². The fourth-order valence-corrected chi connectivity index (χ4v) is 2.82. The molecule has 0 amide bonds. The maximum atomic E-state index is 4.59. The lowest BCUT2D eigenvalue weighted by atomic mass is 10.3. The topological polar surface area (TPSA) is 71.8 Å². The van der Waals surface area contributed by atoms with E-state index < -0.39 is 0 Å². The molecule has 3 heterocycles. The number of nitrogens with zero attached hydrogens (tertiary/aromatic N) is 5. The van der Waals surface area contributed by atoms with Crippen molar-refractivity contribution in [2.24, 2.45) is 0 Å². The predicted molar refractivity (Wildman–Crippen MR) is 63.0 cm³/mol. The first kappa shape index (κ1) is 9.29. The van der Waals surface area contributed by atoms with Crippen molar-refractivity contribution in [2.45, 2.75) is 25.7 Å². The highest BCUT2D eigenvalue weighted by Gasteiger charge is 2.30. The van der Waals surface area contributed by atoms with Crippen molar-refractivity contribution in [1.82, 2.24) is 30.0 Å². The molecule has 1 aliphatic carbocycles. The van der Waals surface area contributed by atoms with Gasteiger partial charge in [-0.3, -0.25) is 5.10 Å². The molecule has 0 aliphatic heterocycles. The first-order valence-corrected chi connectivity index (χ1v) is 6.37. The molecule has 86 valence electrons. The molecular weight excluding hydrogens is 236 g/mol. The Labute approximate surface area is 101 Å². The van der Waals surface area contributed by atoms with Crippen molar-refractivity contribution in [3.8, 4) is 10.6 Å². The average molecular weight is 246 g/mol. The minimum absolute atomic E-state index is 0.561. The highest BCUT2D eigenvalue weighted by molar-refractivity contribution is 7.19. The number of hydrogen-bond donors (Lipinski definition) is 1. The van der Waals surface area contributed by atoms with Gasteiger partial charge in [0.2, 0.25) is 4.96 Å². The van der Waals surface area contributed by atoms with Gasteiger partial charge in [0.15, 0.2) is 10.8 Å². The number of fused-ring (bicyclic) bond motifs is 1. The van der Waals surface area contributed by atoms with E-state index in [-0.39, 0.29) is 0 Å². The Morgan fingerprint density at radius 2 is 2.29 bits per heavy atom. The summed E-state index contributed by atoms with van der Waals surface area (Å²) in [5.41, 5.74) is 2.07. The number of rotatable bonds is 2. The molecule has 0 aromatic carbocycles. The Balaban J connectivity index is 1.90. The molecule has 0 radical (unpaired) electrons. The molecule has 3 aromatic rings. The van der Waals surface area contributed by atoms with Crippen LogP contribution in [0.15, 0.2) is 6.20 Å². The van der Waals surface area contributed by atoms with Gasteiger partial charge >= 0.3 is 0 Å². The minimum Gasteiger partial charge on any atom is -0.282 e. The molecule has 1 saturated carbocycles. The Morgan fingerprint density at radius 1 is 1.41 bits per heavy atom. The van der Waals surface area contributed by atoms with E-state index in [4.69, 9.17) is 0 Å². The third-order valence-corrected chi connectivity index (χ3v) is 3.95. The summed E-state index contributed by atoms with van der Waals surface area (Å²) >= 11 is 1.55. The van der Waals surface area contributed by atoms with Crippen molar-refractivity contribution in [3.63, 3.8) is 0 Å². The molecule has 0 bridgehead atoms. The normalized spacial score (nSPS) is 15.8. The molecule has 3 aromatic heterocycles. The molecule has 0 saturated heterocycles. The summed E-state index contributed by atoms with van der Waals surface area (Å²) < 4.78 is 1.88. The SMILES string of the molecule is Cc1[nH]ncc1-c1nn2c(C3CC3)nnc2s1.